The van der Waals surface area contributed by atoms with Gasteiger partial charge >= 0.3 is 0 Å². The Balaban J connectivity index is 1.95. The maximum absolute atomic E-state index is 11.9. The number of likely N-dealkylation sites (tertiary alicyclic amines) is 1. The summed E-state index contributed by atoms with van der Waals surface area (Å²) in [7, 11) is 5.59. The van der Waals surface area contributed by atoms with Crippen LogP contribution in [0.3, 0.4) is 0 Å². The Morgan fingerprint density at radius 1 is 1.28 bits per heavy atom. The molecule has 0 radical (unpaired) electrons. The Hall–Kier alpha value is -1.34. The molecular formula is C18H35N5O2. The number of amides is 1. The minimum absolute atomic E-state index is 0.0147. The third-order valence-electron chi connectivity index (χ3n) is 5.13. The van der Waals surface area contributed by atoms with Gasteiger partial charge in [0.05, 0.1) is 6.10 Å². The van der Waals surface area contributed by atoms with Gasteiger partial charge in [-0.2, -0.15) is 0 Å². The third-order valence-corrected chi connectivity index (χ3v) is 5.13. The second kappa shape index (κ2) is 9.97. The van der Waals surface area contributed by atoms with Crippen molar-refractivity contribution in [3.05, 3.63) is 0 Å². The van der Waals surface area contributed by atoms with Crippen molar-refractivity contribution in [3.8, 4) is 0 Å². The van der Waals surface area contributed by atoms with Crippen LogP contribution in [0.1, 0.15) is 32.6 Å². The summed E-state index contributed by atoms with van der Waals surface area (Å²) in [5.41, 5.74) is 0. The van der Waals surface area contributed by atoms with Gasteiger partial charge in [-0.3, -0.25) is 9.69 Å². The number of guanidine groups is 1. The zero-order valence-corrected chi connectivity index (χ0v) is 16.3. The summed E-state index contributed by atoms with van der Waals surface area (Å²) in [6.45, 7) is 7.20. The van der Waals surface area contributed by atoms with Crippen LogP contribution in [0.25, 0.3) is 0 Å². The molecule has 0 spiro atoms. The number of hydrogen-bond acceptors (Lipinski definition) is 4. The van der Waals surface area contributed by atoms with Crippen LogP contribution >= 0.6 is 0 Å². The van der Waals surface area contributed by atoms with Gasteiger partial charge in [0.1, 0.15) is 6.54 Å². The molecule has 1 amide bonds. The van der Waals surface area contributed by atoms with E-state index in [1.807, 2.05) is 0 Å². The van der Waals surface area contributed by atoms with Gasteiger partial charge in [-0.25, -0.2) is 4.99 Å². The Morgan fingerprint density at radius 3 is 2.72 bits per heavy atom. The van der Waals surface area contributed by atoms with E-state index in [2.05, 4.69) is 34.1 Å². The molecule has 0 aromatic heterocycles. The standard InChI is InChI=1S/C18H35N5O2/c1-5-23-10-6-8-15(23)14-22(4)18(20-13-17(24)21(2)3)19-12-16-9-7-11-25-16/h15-16H,5-14H2,1-4H3,(H,19,20). The van der Waals surface area contributed by atoms with Gasteiger partial charge in [0.25, 0.3) is 0 Å². The summed E-state index contributed by atoms with van der Waals surface area (Å²) < 4.78 is 5.70. The fraction of sp³-hybridized carbons (Fsp3) is 0.889. The van der Waals surface area contributed by atoms with Crippen LogP contribution in [-0.2, 0) is 9.53 Å². The van der Waals surface area contributed by atoms with E-state index in [4.69, 9.17) is 4.74 Å². The second-order valence-corrected chi connectivity index (χ2v) is 7.25. The van der Waals surface area contributed by atoms with E-state index in [9.17, 15) is 4.79 Å². The minimum Gasteiger partial charge on any atom is -0.376 e. The van der Waals surface area contributed by atoms with Gasteiger partial charge in [0.2, 0.25) is 5.91 Å². The van der Waals surface area contributed by atoms with Crippen LogP contribution in [-0.4, -0.2) is 99.2 Å². The molecule has 2 aliphatic rings. The molecule has 2 atom stereocenters. The maximum Gasteiger partial charge on any atom is 0.243 e. The number of rotatable bonds is 7. The second-order valence-electron chi connectivity index (χ2n) is 7.25. The van der Waals surface area contributed by atoms with E-state index >= 15 is 0 Å². The fourth-order valence-corrected chi connectivity index (χ4v) is 3.53. The minimum atomic E-state index is 0.0147. The third kappa shape index (κ3) is 6.15. The number of nitrogens with one attached hydrogen (secondary N) is 1. The van der Waals surface area contributed by atoms with Crippen molar-refractivity contribution < 1.29 is 9.53 Å². The highest BCUT2D eigenvalue weighted by Crippen LogP contribution is 2.17. The molecule has 144 valence electrons. The van der Waals surface area contributed by atoms with Crippen LogP contribution in [0.2, 0.25) is 0 Å². The molecule has 2 rings (SSSR count). The van der Waals surface area contributed by atoms with Gasteiger partial charge in [-0.1, -0.05) is 6.92 Å². The summed E-state index contributed by atoms with van der Waals surface area (Å²) in [6.07, 6.45) is 4.96. The quantitative estimate of drug-likeness (QED) is 0.537. The highest BCUT2D eigenvalue weighted by atomic mass is 16.5. The highest BCUT2D eigenvalue weighted by Gasteiger charge is 2.25. The topological polar surface area (TPSA) is 60.4 Å². The Kier molecular flexibility index (Phi) is 7.96. The Bertz CT molecular complexity index is 449. The van der Waals surface area contributed by atoms with Crippen LogP contribution in [0.5, 0.6) is 0 Å². The van der Waals surface area contributed by atoms with Crippen LogP contribution in [0, 0.1) is 0 Å². The Labute approximate surface area is 152 Å². The number of aliphatic imine (C=N–C) groups is 1. The van der Waals surface area contributed by atoms with Crippen LogP contribution in [0.4, 0.5) is 0 Å². The summed E-state index contributed by atoms with van der Waals surface area (Å²) in [4.78, 5) is 22.7. The molecule has 7 heteroatoms. The predicted molar refractivity (Wildman–Crippen MR) is 101 cm³/mol. The lowest BCUT2D eigenvalue weighted by Gasteiger charge is -2.30. The van der Waals surface area contributed by atoms with Gasteiger partial charge in [0.15, 0.2) is 5.96 Å². The average Bonchev–Trinajstić information content (AvgIpc) is 3.25. The number of ether oxygens (including phenoxy) is 1. The van der Waals surface area contributed by atoms with Crippen molar-refractivity contribution in [1.29, 1.82) is 0 Å². The van der Waals surface area contributed by atoms with E-state index in [-0.39, 0.29) is 18.6 Å². The monoisotopic (exact) mass is 353 g/mol. The van der Waals surface area contributed by atoms with E-state index in [1.165, 1.54) is 19.4 Å². The first-order valence-electron chi connectivity index (χ1n) is 9.56. The molecule has 7 nitrogen and oxygen atoms in total. The Morgan fingerprint density at radius 2 is 2.08 bits per heavy atom. The number of carbonyl (C=O) groups excluding carboxylic acids is 1. The van der Waals surface area contributed by atoms with E-state index in [0.29, 0.717) is 6.04 Å². The summed E-state index contributed by atoms with van der Waals surface area (Å²) >= 11 is 0. The molecule has 0 bridgehead atoms. The first-order chi connectivity index (χ1) is 12.0. The molecule has 2 saturated heterocycles. The number of likely N-dealkylation sites (N-methyl/N-ethyl adjacent to an activating group) is 3. The van der Waals surface area contributed by atoms with E-state index in [0.717, 1.165) is 45.0 Å². The lowest BCUT2D eigenvalue weighted by Crippen LogP contribution is -2.47. The first-order valence-corrected chi connectivity index (χ1v) is 9.56. The molecule has 2 heterocycles. The van der Waals surface area contributed by atoms with E-state index in [1.54, 1.807) is 19.0 Å². The largest absolute Gasteiger partial charge is 0.376 e. The fourth-order valence-electron chi connectivity index (χ4n) is 3.53. The summed E-state index contributed by atoms with van der Waals surface area (Å²) in [5.74, 6) is 0.814. The number of hydrogen-bond donors (Lipinski definition) is 1. The average molecular weight is 354 g/mol. The molecule has 0 saturated carbocycles. The molecule has 2 aliphatic heterocycles. The zero-order chi connectivity index (χ0) is 18.2. The maximum atomic E-state index is 11.9. The molecule has 2 fully saturated rings. The number of carbonyl (C=O) groups is 1. The van der Waals surface area contributed by atoms with Gasteiger partial charge in [0, 0.05) is 46.9 Å². The van der Waals surface area contributed by atoms with Gasteiger partial charge in [-0.05, 0) is 38.8 Å². The summed E-state index contributed by atoms with van der Waals surface area (Å²) in [6, 6.07) is 0.564. The zero-order valence-electron chi connectivity index (χ0n) is 16.3. The van der Waals surface area contributed by atoms with Crippen LogP contribution < -0.4 is 5.32 Å². The van der Waals surface area contributed by atoms with Gasteiger partial charge in [-0.15, -0.1) is 0 Å². The molecule has 0 aliphatic carbocycles. The lowest BCUT2D eigenvalue weighted by molar-refractivity contribution is -0.127. The van der Waals surface area contributed by atoms with Crippen molar-refractivity contribution in [1.82, 2.24) is 20.0 Å². The number of nitrogens with zero attached hydrogens (tertiary/aromatic N) is 4. The molecule has 2 unspecified atom stereocenters. The first kappa shape index (κ1) is 20.0. The van der Waals surface area contributed by atoms with Gasteiger partial charge < -0.3 is 19.9 Å². The van der Waals surface area contributed by atoms with Crippen molar-refractivity contribution in [3.63, 3.8) is 0 Å². The summed E-state index contributed by atoms with van der Waals surface area (Å²) in [5, 5.41) is 3.42. The molecule has 0 aromatic carbocycles. The SMILES string of the molecule is CCN1CCCC1CN(C)C(=NCC(=O)N(C)C)NCC1CCCO1. The smallest absolute Gasteiger partial charge is 0.243 e. The van der Waals surface area contributed by atoms with Crippen LogP contribution in [0.15, 0.2) is 4.99 Å². The molecule has 1 N–H and O–H groups in total. The molecule has 0 aromatic rings. The van der Waals surface area contributed by atoms with Crippen molar-refractivity contribution in [2.24, 2.45) is 4.99 Å². The molecular weight excluding hydrogens is 318 g/mol. The van der Waals surface area contributed by atoms with Crippen molar-refractivity contribution in [2.45, 2.75) is 44.8 Å². The van der Waals surface area contributed by atoms with Crippen molar-refractivity contribution >= 4 is 11.9 Å². The molecule has 25 heavy (non-hydrogen) atoms. The predicted octanol–water partition coefficient (Wildman–Crippen LogP) is 0.615. The lowest BCUT2D eigenvalue weighted by atomic mass is 10.2. The van der Waals surface area contributed by atoms with E-state index < -0.39 is 0 Å². The van der Waals surface area contributed by atoms with Crippen molar-refractivity contribution in [2.75, 3.05) is 60.5 Å². The highest BCUT2D eigenvalue weighted by molar-refractivity contribution is 5.84. The normalized spacial score (nSPS) is 24.6.